The SMILES string of the molecule is C=C/C(=C\C)c1ccc(C(O)CN)cc1. The summed E-state index contributed by atoms with van der Waals surface area (Å²) in [5.74, 6) is 0. The van der Waals surface area contributed by atoms with Gasteiger partial charge in [-0.25, -0.2) is 0 Å². The molecule has 80 valence electrons. The van der Waals surface area contributed by atoms with Crippen LogP contribution in [-0.2, 0) is 0 Å². The van der Waals surface area contributed by atoms with Crippen molar-refractivity contribution in [1.29, 1.82) is 0 Å². The standard InChI is InChI=1S/C13H17NO/c1-3-10(4-2)11-5-7-12(8-6-11)13(15)9-14/h3-8,13,15H,1,9,14H2,2H3/b10-4+. The molecule has 3 N–H and O–H groups in total. The number of benzene rings is 1. The predicted octanol–water partition coefficient (Wildman–Crippen LogP) is 2.27. The van der Waals surface area contributed by atoms with Gasteiger partial charge in [-0.15, -0.1) is 0 Å². The molecule has 0 radical (unpaired) electrons. The van der Waals surface area contributed by atoms with E-state index in [0.717, 1.165) is 16.7 Å². The Morgan fingerprint density at radius 1 is 1.47 bits per heavy atom. The van der Waals surface area contributed by atoms with Crippen molar-refractivity contribution in [2.45, 2.75) is 13.0 Å². The maximum Gasteiger partial charge on any atom is 0.0912 e. The summed E-state index contributed by atoms with van der Waals surface area (Å²) in [5, 5.41) is 9.51. The van der Waals surface area contributed by atoms with Gasteiger partial charge in [0.25, 0.3) is 0 Å². The topological polar surface area (TPSA) is 46.2 Å². The molecule has 1 aromatic carbocycles. The first-order valence-electron chi connectivity index (χ1n) is 5.00. The van der Waals surface area contributed by atoms with E-state index in [2.05, 4.69) is 6.58 Å². The molecule has 1 rings (SSSR count). The molecule has 1 atom stereocenters. The third kappa shape index (κ3) is 2.78. The van der Waals surface area contributed by atoms with Crippen LogP contribution in [0.2, 0.25) is 0 Å². The van der Waals surface area contributed by atoms with Gasteiger partial charge >= 0.3 is 0 Å². The van der Waals surface area contributed by atoms with E-state index in [1.807, 2.05) is 43.3 Å². The van der Waals surface area contributed by atoms with Gasteiger partial charge in [0, 0.05) is 6.54 Å². The summed E-state index contributed by atoms with van der Waals surface area (Å²) in [5.41, 5.74) is 8.41. The molecule has 2 nitrogen and oxygen atoms in total. The smallest absolute Gasteiger partial charge is 0.0912 e. The minimum absolute atomic E-state index is 0.247. The van der Waals surface area contributed by atoms with Crippen LogP contribution in [0.15, 0.2) is 43.0 Å². The fourth-order valence-electron chi connectivity index (χ4n) is 1.44. The first-order chi connectivity index (χ1) is 7.22. The summed E-state index contributed by atoms with van der Waals surface area (Å²) >= 11 is 0. The molecular weight excluding hydrogens is 186 g/mol. The number of hydrogen-bond acceptors (Lipinski definition) is 2. The van der Waals surface area contributed by atoms with Crippen LogP contribution in [0.1, 0.15) is 24.2 Å². The van der Waals surface area contributed by atoms with Crippen LogP contribution in [0, 0.1) is 0 Å². The van der Waals surface area contributed by atoms with Crippen LogP contribution < -0.4 is 5.73 Å². The lowest BCUT2D eigenvalue weighted by Gasteiger charge is -2.09. The van der Waals surface area contributed by atoms with Gasteiger partial charge in [0.05, 0.1) is 6.10 Å². The molecule has 0 saturated carbocycles. The zero-order valence-electron chi connectivity index (χ0n) is 8.98. The third-order valence-electron chi connectivity index (χ3n) is 2.38. The van der Waals surface area contributed by atoms with Crippen molar-refractivity contribution in [2.75, 3.05) is 6.54 Å². The second kappa shape index (κ2) is 5.49. The van der Waals surface area contributed by atoms with Gasteiger partial charge in [-0.1, -0.05) is 43.0 Å². The van der Waals surface area contributed by atoms with E-state index < -0.39 is 6.10 Å². The highest BCUT2D eigenvalue weighted by atomic mass is 16.3. The number of aliphatic hydroxyl groups is 1. The maximum absolute atomic E-state index is 9.51. The molecule has 15 heavy (non-hydrogen) atoms. The molecule has 1 unspecified atom stereocenters. The molecule has 0 spiro atoms. The Bertz CT molecular complexity index is 351. The van der Waals surface area contributed by atoms with Gasteiger partial charge in [0.2, 0.25) is 0 Å². The average molecular weight is 203 g/mol. The lowest BCUT2D eigenvalue weighted by Crippen LogP contribution is -2.11. The molecule has 1 aromatic rings. The summed E-state index contributed by atoms with van der Waals surface area (Å²) in [6, 6.07) is 7.70. The van der Waals surface area contributed by atoms with Gasteiger partial charge in [-0.3, -0.25) is 0 Å². The summed E-state index contributed by atoms with van der Waals surface area (Å²) in [6.45, 7) is 5.96. The van der Waals surface area contributed by atoms with Crippen molar-refractivity contribution >= 4 is 5.57 Å². The first-order valence-corrected chi connectivity index (χ1v) is 5.00. The van der Waals surface area contributed by atoms with Crippen LogP contribution in [0.25, 0.3) is 5.57 Å². The van der Waals surface area contributed by atoms with Crippen molar-refractivity contribution in [2.24, 2.45) is 5.73 Å². The largest absolute Gasteiger partial charge is 0.387 e. The number of rotatable bonds is 4. The Morgan fingerprint density at radius 3 is 2.47 bits per heavy atom. The average Bonchev–Trinajstić information content (AvgIpc) is 2.30. The third-order valence-corrected chi connectivity index (χ3v) is 2.38. The maximum atomic E-state index is 9.51. The Hall–Kier alpha value is -1.38. The second-order valence-corrected chi connectivity index (χ2v) is 3.32. The Labute approximate surface area is 90.7 Å². The molecule has 0 aliphatic rings. The molecule has 0 saturated heterocycles. The van der Waals surface area contributed by atoms with E-state index in [4.69, 9.17) is 5.73 Å². The molecule has 0 bridgehead atoms. The number of nitrogens with two attached hydrogens (primary N) is 1. The van der Waals surface area contributed by atoms with Crippen LogP contribution in [0.3, 0.4) is 0 Å². The van der Waals surface area contributed by atoms with Gasteiger partial charge < -0.3 is 10.8 Å². The highest BCUT2D eigenvalue weighted by molar-refractivity contribution is 5.73. The summed E-state index contributed by atoms with van der Waals surface area (Å²) < 4.78 is 0. The quantitative estimate of drug-likeness (QED) is 0.737. The normalized spacial score (nSPS) is 13.7. The van der Waals surface area contributed by atoms with Crippen LogP contribution in [-0.4, -0.2) is 11.7 Å². The Kier molecular flexibility index (Phi) is 4.28. The molecule has 0 amide bonds. The Balaban J connectivity index is 2.94. The van der Waals surface area contributed by atoms with Crippen molar-refractivity contribution in [1.82, 2.24) is 0 Å². The molecule has 0 fully saturated rings. The van der Waals surface area contributed by atoms with Gasteiger partial charge in [-0.2, -0.15) is 0 Å². The van der Waals surface area contributed by atoms with E-state index >= 15 is 0 Å². The number of hydrogen-bond donors (Lipinski definition) is 2. The monoisotopic (exact) mass is 203 g/mol. The molecule has 2 heteroatoms. The molecule has 0 aliphatic carbocycles. The van der Waals surface area contributed by atoms with E-state index in [9.17, 15) is 5.11 Å². The zero-order valence-corrected chi connectivity index (χ0v) is 8.98. The molecule has 0 heterocycles. The second-order valence-electron chi connectivity index (χ2n) is 3.32. The number of aliphatic hydroxyl groups excluding tert-OH is 1. The number of allylic oxidation sites excluding steroid dienone is 3. The van der Waals surface area contributed by atoms with Gasteiger partial charge in [-0.05, 0) is 23.6 Å². The zero-order chi connectivity index (χ0) is 11.3. The molecule has 0 aromatic heterocycles. The minimum atomic E-state index is -0.572. The van der Waals surface area contributed by atoms with E-state index in [1.165, 1.54) is 0 Å². The van der Waals surface area contributed by atoms with E-state index in [0.29, 0.717) is 0 Å². The van der Waals surface area contributed by atoms with Crippen LogP contribution in [0.4, 0.5) is 0 Å². The minimum Gasteiger partial charge on any atom is -0.387 e. The fourth-order valence-corrected chi connectivity index (χ4v) is 1.44. The first kappa shape index (κ1) is 11.7. The summed E-state index contributed by atoms with van der Waals surface area (Å²) in [6.07, 6.45) is 3.24. The summed E-state index contributed by atoms with van der Waals surface area (Å²) in [7, 11) is 0. The van der Waals surface area contributed by atoms with Crippen molar-refractivity contribution < 1.29 is 5.11 Å². The highest BCUT2D eigenvalue weighted by Gasteiger charge is 2.04. The lowest BCUT2D eigenvalue weighted by molar-refractivity contribution is 0.187. The van der Waals surface area contributed by atoms with Crippen molar-refractivity contribution in [3.05, 3.63) is 54.1 Å². The lowest BCUT2D eigenvalue weighted by atomic mass is 10.0. The fraction of sp³-hybridized carbons (Fsp3) is 0.231. The molecule has 0 aliphatic heterocycles. The predicted molar refractivity (Wildman–Crippen MR) is 64.3 cm³/mol. The Morgan fingerprint density at radius 2 is 2.07 bits per heavy atom. The summed E-state index contributed by atoms with van der Waals surface area (Å²) in [4.78, 5) is 0. The molecular formula is C13H17NO. The van der Waals surface area contributed by atoms with Gasteiger partial charge in [0.15, 0.2) is 0 Å². The highest BCUT2D eigenvalue weighted by Crippen LogP contribution is 2.18. The van der Waals surface area contributed by atoms with E-state index in [1.54, 1.807) is 0 Å². The van der Waals surface area contributed by atoms with Crippen molar-refractivity contribution in [3.8, 4) is 0 Å². The van der Waals surface area contributed by atoms with E-state index in [-0.39, 0.29) is 6.54 Å². The van der Waals surface area contributed by atoms with Crippen LogP contribution >= 0.6 is 0 Å². The van der Waals surface area contributed by atoms with Gasteiger partial charge in [0.1, 0.15) is 0 Å². The van der Waals surface area contributed by atoms with Crippen LogP contribution in [0.5, 0.6) is 0 Å². The van der Waals surface area contributed by atoms with Crippen molar-refractivity contribution in [3.63, 3.8) is 0 Å².